The van der Waals surface area contributed by atoms with E-state index in [2.05, 4.69) is 15.9 Å². The van der Waals surface area contributed by atoms with Crippen LogP contribution in [-0.2, 0) is 4.74 Å². The molecule has 0 amide bonds. The smallest absolute Gasteiger partial charge is 0.339 e. The molecule has 0 saturated heterocycles. The number of hydrogen-bond donors (Lipinski definition) is 0. The van der Waals surface area contributed by atoms with Crippen LogP contribution in [-0.4, -0.2) is 12.6 Å². The fourth-order valence-corrected chi connectivity index (χ4v) is 1.45. The Labute approximate surface area is 94.4 Å². The summed E-state index contributed by atoms with van der Waals surface area (Å²) in [6, 6.07) is 3.80. The van der Waals surface area contributed by atoms with Gasteiger partial charge in [-0.05, 0) is 35.0 Å². The van der Waals surface area contributed by atoms with Gasteiger partial charge in [0.15, 0.2) is 0 Å². The van der Waals surface area contributed by atoms with Crippen molar-refractivity contribution in [2.75, 3.05) is 6.61 Å². The molecule has 0 N–H and O–H groups in total. The zero-order chi connectivity index (χ0) is 11.4. The van der Waals surface area contributed by atoms with E-state index in [0.29, 0.717) is 4.47 Å². The molecule has 5 heteroatoms. The first kappa shape index (κ1) is 12.1. The Balaban J connectivity index is 3.05. The predicted octanol–water partition coefficient (Wildman–Crippen LogP) is 3.56. The molecule has 0 heterocycles. The Morgan fingerprint density at radius 3 is 2.73 bits per heavy atom. The number of carbonyl (C=O) groups excluding carboxylic acids is 1. The number of rotatable bonds is 3. The maximum Gasteiger partial charge on any atom is 0.339 e. The van der Waals surface area contributed by atoms with Crippen LogP contribution in [0.25, 0.3) is 0 Å². The Bertz CT molecular complexity index is 366. The molecule has 0 aliphatic rings. The average molecular weight is 279 g/mol. The maximum absolute atomic E-state index is 12.4. The number of alkyl halides is 2. The van der Waals surface area contributed by atoms with Crippen LogP contribution in [0.5, 0.6) is 0 Å². The van der Waals surface area contributed by atoms with Crippen LogP contribution in [0.15, 0.2) is 22.7 Å². The highest BCUT2D eigenvalue weighted by atomic mass is 79.9. The zero-order valence-electron chi connectivity index (χ0n) is 7.97. The molecule has 0 radical (unpaired) electrons. The van der Waals surface area contributed by atoms with Crippen molar-refractivity contribution in [3.8, 4) is 0 Å². The third-order valence-electron chi connectivity index (χ3n) is 1.74. The molecule has 15 heavy (non-hydrogen) atoms. The monoisotopic (exact) mass is 278 g/mol. The van der Waals surface area contributed by atoms with Gasteiger partial charge in [-0.25, -0.2) is 13.6 Å². The van der Waals surface area contributed by atoms with E-state index in [9.17, 15) is 13.6 Å². The van der Waals surface area contributed by atoms with Crippen LogP contribution in [0.4, 0.5) is 8.78 Å². The van der Waals surface area contributed by atoms with E-state index in [1.165, 1.54) is 12.1 Å². The molecule has 0 saturated carbocycles. The second-order valence-electron chi connectivity index (χ2n) is 2.76. The number of carbonyl (C=O) groups is 1. The largest absolute Gasteiger partial charge is 0.462 e. The number of halogens is 3. The highest BCUT2D eigenvalue weighted by Gasteiger charge is 2.15. The lowest BCUT2D eigenvalue weighted by atomic mass is 10.1. The molecule has 1 aromatic rings. The summed E-state index contributed by atoms with van der Waals surface area (Å²) < 4.78 is 29.9. The van der Waals surface area contributed by atoms with Crippen molar-refractivity contribution in [3.05, 3.63) is 33.8 Å². The van der Waals surface area contributed by atoms with E-state index in [1.807, 2.05) is 0 Å². The van der Waals surface area contributed by atoms with Gasteiger partial charge in [-0.1, -0.05) is 6.07 Å². The van der Waals surface area contributed by atoms with Crippen molar-refractivity contribution >= 4 is 21.9 Å². The SMILES string of the molecule is CCOC(=O)c1cc(C(F)F)ccc1Br. The summed E-state index contributed by atoms with van der Waals surface area (Å²) in [5, 5.41) is 0. The van der Waals surface area contributed by atoms with Crippen molar-refractivity contribution in [3.63, 3.8) is 0 Å². The second kappa shape index (κ2) is 5.21. The van der Waals surface area contributed by atoms with Gasteiger partial charge in [-0.15, -0.1) is 0 Å². The number of hydrogen-bond acceptors (Lipinski definition) is 2. The van der Waals surface area contributed by atoms with Crippen molar-refractivity contribution in [2.45, 2.75) is 13.3 Å². The van der Waals surface area contributed by atoms with Gasteiger partial charge in [0.25, 0.3) is 6.43 Å². The summed E-state index contributed by atoms with van der Waals surface area (Å²) in [6.07, 6.45) is -2.59. The van der Waals surface area contributed by atoms with Gasteiger partial charge in [0.2, 0.25) is 0 Å². The lowest BCUT2D eigenvalue weighted by Gasteiger charge is -2.06. The molecule has 1 rings (SSSR count). The molecule has 0 atom stereocenters. The maximum atomic E-state index is 12.4. The number of esters is 1. The van der Waals surface area contributed by atoms with Crippen molar-refractivity contribution in [1.29, 1.82) is 0 Å². The molecular formula is C10H9BrF2O2. The Hall–Kier alpha value is -0.970. The quantitative estimate of drug-likeness (QED) is 0.791. The number of benzene rings is 1. The molecule has 0 fully saturated rings. The summed E-state index contributed by atoms with van der Waals surface area (Å²) in [4.78, 5) is 11.3. The third-order valence-corrected chi connectivity index (χ3v) is 2.43. The molecule has 0 unspecified atom stereocenters. The minimum absolute atomic E-state index is 0.120. The first-order valence-electron chi connectivity index (χ1n) is 4.31. The van der Waals surface area contributed by atoms with Gasteiger partial charge in [-0.2, -0.15) is 0 Å². The number of ether oxygens (including phenoxy) is 1. The molecule has 0 aliphatic heterocycles. The Morgan fingerprint density at radius 1 is 1.53 bits per heavy atom. The minimum Gasteiger partial charge on any atom is -0.462 e. The van der Waals surface area contributed by atoms with E-state index >= 15 is 0 Å². The van der Waals surface area contributed by atoms with Crippen LogP contribution in [0, 0.1) is 0 Å². The van der Waals surface area contributed by atoms with Crippen molar-refractivity contribution in [1.82, 2.24) is 0 Å². The van der Waals surface area contributed by atoms with E-state index in [1.54, 1.807) is 6.92 Å². The highest BCUT2D eigenvalue weighted by molar-refractivity contribution is 9.10. The summed E-state index contributed by atoms with van der Waals surface area (Å²) in [7, 11) is 0. The molecule has 0 spiro atoms. The van der Waals surface area contributed by atoms with Crippen LogP contribution >= 0.6 is 15.9 Å². The Morgan fingerprint density at radius 2 is 2.20 bits per heavy atom. The van der Waals surface area contributed by atoms with Gasteiger partial charge in [0, 0.05) is 10.0 Å². The van der Waals surface area contributed by atoms with E-state index in [0.717, 1.165) is 6.07 Å². The molecule has 2 nitrogen and oxygen atoms in total. The third kappa shape index (κ3) is 2.99. The minimum atomic E-state index is -2.59. The Kier molecular flexibility index (Phi) is 4.20. The summed E-state index contributed by atoms with van der Waals surface area (Å²) in [5.74, 6) is -0.605. The first-order valence-corrected chi connectivity index (χ1v) is 5.10. The van der Waals surface area contributed by atoms with E-state index in [-0.39, 0.29) is 17.7 Å². The fraction of sp³-hybridized carbons (Fsp3) is 0.300. The van der Waals surface area contributed by atoms with Crippen LogP contribution < -0.4 is 0 Å². The van der Waals surface area contributed by atoms with Crippen molar-refractivity contribution in [2.24, 2.45) is 0 Å². The van der Waals surface area contributed by atoms with Crippen LogP contribution in [0.1, 0.15) is 29.3 Å². The summed E-state index contributed by atoms with van der Waals surface area (Å²) >= 11 is 3.10. The molecule has 0 aliphatic carbocycles. The van der Waals surface area contributed by atoms with Gasteiger partial charge in [0.05, 0.1) is 12.2 Å². The van der Waals surface area contributed by atoms with Crippen LogP contribution in [0.3, 0.4) is 0 Å². The lowest BCUT2D eigenvalue weighted by Crippen LogP contribution is -2.06. The van der Waals surface area contributed by atoms with Gasteiger partial charge in [-0.3, -0.25) is 0 Å². The predicted molar refractivity (Wildman–Crippen MR) is 55.1 cm³/mol. The second-order valence-corrected chi connectivity index (χ2v) is 3.61. The summed E-state index contributed by atoms with van der Waals surface area (Å²) in [6.45, 7) is 1.87. The van der Waals surface area contributed by atoms with Gasteiger partial charge >= 0.3 is 5.97 Å². The standard InChI is InChI=1S/C10H9BrF2O2/c1-2-15-10(14)7-5-6(9(12)13)3-4-8(7)11/h3-5,9H,2H2,1H3. The zero-order valence-corrected chi connectivity index (χ0v) is 9.55. The fourth-order valence-electron chi connectivity index (χ4n) is 1.04. The summed E-state index contributed by atoms with van der Waals surface area (Å²) in [5.41, 5.74) is -0.0732. The van der Waals surface area contributed by atoms with E-state index < -0.39 is 12.4 Å². The first-order chi connectivity index (χ1) is 7.06. The normalized spacial score (nSPS) is 10.5. The van der Waals surface area contributed by atoms with Gasteiger partial charge in [0.1, 0.15) is 0 Å². The van der Waals surface area contributed by atoms with Crippen molar-refractivity contribution < 1.29 is 18.3 Å². The lowest BCUT2D eigenvalue weighted by molar-refractivity contribution is 0.0525. The molecule has 82 valence electrons. The van der Waals surface area contributed by atoms with Gasteiger partial charge < -0.3 is 4.74 Å². The molecule has 0 aromatic heterocycles. The molecule has 0 bridgehead atoms. The highest BCUT2D eigenvalue weighted by Crippen LogP contribution is 2.25. The average Bonchev–Trinajstić information content (AvgIpc) is 2.18. The molecule has 1 aromatic carbocycles. The van der Waals surface area contributed by atoms with Crippen LogP contribution in [0.2, 0.25) is 0 Å². The molecular weight excluding hydrogens is 270 g/mol. The van der Waals surface area contributed by atoms with E-state index in [4.69, 9.17) is 4.74 Å². The topological polar surface area (TPSA) is 26.3 Å².